The van der Waals surface area contributed by atoms with Crippen LogP contribution in [-0.2, 0) is 17.1 Å². The first-order valence-electron chi connectivity index (χ1n) is 7.99. The largest absolute Gasteiger partial charge is 0.497 e. The van der Waals surface area contributed by atoms with Crippen LogP contribution in [0.1, 0.15) is 16.6 Å². The SMILES string of the molecule is COc1ccc(N(Cc2cccs2)C(=O)CSCc2noc(C)n2)cc1. The van der Waals surface area contributed by atoms with Crippen molar-refractivity contribution in [3.05, 3.63) is 58.4 Å². The van der Waals surface area contributed by atoms with Crippen LogP contribution < -0.4 is 9.64 Å². The zero-order valence-electron chi connectivity index (χ0n) is 14.5. The lowest BCUT2D eigenvalue weighted by atomic mass is 10.2. The van der Waals surface area contributed by atoms with Crippen molar-refractivity contribution in [2.45, 2.75) is 19.2 Å². The lowest BCUT2D eigenvalue weighted by Crippen LogP contribution is -2.31. The van der Waals surface area contributed by atoms with Crippen LogP contribution in [0.25, 0.3) is 0 Å². The molecule has 0 unspecified atom stereocenters. The number of thioether (sulfide) groups is 1. The molecule has 1 amide bonds. The summed E-state index contributed by atoms with van der Waals surface area (Å²) in [5.74, 6) is 2.82. The van der Waals surface area contributed by atoms with Gasteiger partial charge in [-0.15, -0.1) is 23.1 Å². The minimum atomic E-state index is 0.0359. The van der Waals surface area contributed by atoms with Gasteiger partial charge in [-0.05, 0) is 35.7 Å². The summed E-state index contributed by atoms with van der Waals surface area (Å²) >= 11 is 3.11. The van der Waals surface area contributed by atoms with Crippen molar-refractivity contribution in [3.63, 3.8) is 0 Å². The number of aromatic nitrogens is 2. The number of carbonyl (C=O) groups is 1. The molecular formula is C18H19N3O3S2. The summed E-state index contributed by atoms with van der Waals surface area (Å²) in [5.41, 5.74) is 0.847. The average molecular weight is 390 g/mol. The monoisotopic (exact) mass is 389 g/mol. The number of anilines is 1. The maximum absolute atomic E-state index is 12.8. The van der Waals surface area contributed by atoms with E-state index in [-0.39, 0.29) is 5.91 Å². The molecule has 3 rings (SSSR count). The summed E-state index contributed by atoms with van der Waals surface area (Å²) in [5, 5.41) is 5.86. The molecule has 6 nitrogen and oxygen atoms in total. The minimum Gasteiger partial charge on any atom is -0.497 e. The maximum Gasteiger partial charge on any atom is 0.237 e. The fourth-order valence-corrected chi connectivity index (χ4v) is 3.78. The third kappa shape index (κ3) is 4.86. The first-order valence-corrected chi connectivity index (χ1v) is 10.0. The summed E-state index contributed by atoms with van der Waals surface area (Å²) in [6, 6.07) is 11.5. The Hall–Kier alpha value is -2.32. The minimum absolute atomic E-state index is 0.0359. The molecule has 1 aromatic carbocycles. The van der Waals surface area contributed by atoms with E-state index in [2.05, 4.69) is 10.1 Å². The molecule has 0 N–H and O–H groups in total. The number of hydrogen-bond acceptors (Lipinski definition) is 7. The van der Waals surface area contributed by atoms with Gasteiger partial charge in [-0.1, -0.05) is 11.2 Å². The Morgan fingerprint density at radius 3 is 2.73 bits per heavy atom. The van der Waals surface area contributed by atoms with E-state index in [1.165, 1.54) is 11.8 Å². The van der Waals surface area contributed by atoms with Crippen LogP contribution in [0.2, 0.25) is 0 Å². The average Bonchev–Trinajstić information content (AvgIpc) is 3.31. The smallest absolute Gasteiger partial charge is 0.237 e. The van der Waals surface area contributed by atoms with Crippen molar-refractivity contribution in [3.8, 4) is 5.75 Å². The standard InChI is InChI=1S/C18H19N3O3S2/c1-13-19-17(20-24-13)11-25-12-18(22)21(10-16-4-3-9-26-16)14-5-7-15(23-2)8-6-14/h3-9H,10-12H2,1-2H3. The number of amides is 1. The van der Waals surface area contributed by atoms with Crippen molar-refractivity contribution >= 4 is 34.7 Å². The molecule has 0 saturated heterocycles. The second-order valence-corrected chi connectivity index (χ2v) is 7.50. The Morgan fingerprint density at radius 2 is 2.12 bits per heavy atom. The zero-order valence-corrected chi connectivity index (χ0v) is 16.2. The topological polar surface area (TPSA) is 68.5 Å². The molecule has 0 fully saturated rings. The fourth-order valence-electron chi connectivity index (χ4n) is 2.35. The van der Waals surface area contributed by atoms with E-state index in [1.807, 2.05) is 41.8 Å². The predicted octanol–water partition coefficient (Wildman–Crippen LogP) is 3.91. The van der Waals surface area contributed by atoms with Gasteiger partial charge in [-0.2, -0.15) is 4.98 Å². The Kier molecular flexibility index (Phi) is 6.30. The highest BCUT2D eigenvalue weighted by molar-refractivity contribution is 7.99. The van der Waals surface area contributed by atoms with Crippen LogP contribution in [0.5, 0.6) is 5.75 Å². The highest BCUT2D eigenvalue weighted by atomic mass is 32.2. The molecule has 2 heterocycles. The normalized spacial score (nSPS) is 10.7. The molecule has 3 aromatic rings. The van der Waals surface area contributed by atoms with Crippen LogP contribution >= 0.6 is 23.1 Å². The Morgan fingerprint density at radius 1 is 1.31 bits per heavy atom. The molecule has 0 saturated carbocycles. The third-order valence-corrected chi connectivity index (χ3v) is 5.38. The maximum atomic E-state index is 12.8. The van der Waals surface area contributed by atoms with Crippen LogP contribution in [0, 0.1) is 6.92 Å². The lowest BCUT2D eigenvalue weighted by Gasteiger charge is -2.22. The van der Waals surface area contributed by atoms with Crippen molar-refractivity contribution in [1.29, 1.82) is 0 Å². The molecule has 136 valence electrons. The number of carbonyl (C=O) groups excluding carboxylic acids is 1. The van der Waals surface area contributed by atoms with Crippen molar-refractivity contribution < 1.29 is 14.1 Å². The van der Waals surface area contributed by atoms with Crippen LogP contribution in [0.3, 0.4) is 0 Å². The first kappa shape index (κ1) is 18.5. The summed E-state index contributed by atoms with van der Waals surface area (Å²) in [6.45, 7) is 2.30. The zero-order chi connectivity index (χ0) is 18.4. The number of hydrogen-bond donors (Lipinski definition) is 0. The van der Waals surface area contributed by atoms with E-state index >= 15 is 0 Å². The van der Waals surface area contributed by atoms with Gasteiger partial charge in [0.2, 0.25) is 11.8 Å². The molecule has 0 bridgehead atoms. The van der Waals surface area contributed by atoms with Gasteiger partial charge in [-0.3, -0.25) is 4.79 Å². The van der Waals surface area contributed by atoms with E-state index in [9.17, 15) is 4.79 Å². The lowest BCUT2D eigenvalue weighted by molar-refractivity contribution is -0.116. The Balaban J connectivity index is 1.67. The number of thiophene rings is 1. The van der Waals surface area contributed by atoms with E-state index in [1.54, 1.807) is 30.3 Å². The second-order valence-electron chi connectivity index (χ2n) is 5.48. The number of benzene rings is 1. The van der Waals surface area contributed by atoms with Gasteiger partial charge in [0.15, 0.2) is 5.82 Å². The summed E-state index contributed by atoms with van der Waals surface area (Å²) in [7, 11) is 1.62. The van der Waals surface area contributed by atoms with E-state index in [0.29, 0.717) is 29.8 Å². The number of rotatable bonds is 8. The number of aryl methyl sites for hydroxylation is 1. The van der Waals surface area contributed by atoms with Gasteiger partial charge in [-0.25, -0.2) is 0 Å². The van der Waals surface area contributed by atoms with Gasteiger partial charge >= 0.3 is 0 Å². The molecule has 0 aliphatic heterocycles. The van der Waals surface area contributed by atoms with Crippen LogP contribution in [-0.4, -0.2) is 28.9 Å². The number of nitrogens with zero attached hydrogens (tertiary/aromatic N) is 3. The molecule has 0 atom stereocenters. The highest BCUT2D eigenvalue weighted by Crippen LogP contribution is 2.24. The van der Waals surface area contributed by atoms with E-state index < -0.39 is 0 Å². The first-order chi connectivity index (χ1) is 12.7. The third-order valence-electron chi connectivity index (χ3n) is 3.61. The van der Waals surface area contributed by atoms with Gasteiger partial charge in [0.25, 0.3) is 0 Å². The molecule has 0 radical (unpaired) electrons. The van der Waals surface area contributed by atoms with Gasteiger partial charge in [0.05, 0.1) is 25.2 Å². The molecule has 8 heteroatoms. The quantitative estimate of drug-likeness (QED) is 0.582. The fraction of sp³-hybridized carbons (Fsp3) is 0.278. The molecule has 0 spiro atoms. The van der Waals surface area contributed by atoms with Crippen molar-refractivity contribution in [1.82, 2.24) is 10.1 Å². The van der Waals surface area contributed by atoms with Crippen LogP contribution in [0.4, 0.5) is 5.69 Å². The van der Waals surface area contributed by atoms with E-state index in [0.717, 1.165) is 16.3 Å². The van der Waals surface area contributed by atoms with Crippen molar-refractivity contribution in [2.75, 3.05) is 17.8 Å². The molecular weight excluding hydrogens is 370 g/mol. The van der Waals surface area contributed by atoms with Gasteiger partial charge in [0, 0.05) is 17.5 Å². The molecule has 2 aromatic heterocycles. The van der Waals surface area contributed by atoms with Crippen molar-refractivity contribution in [2.24, 2.45) is 0 Å². The van der Waals surface area contributed by atoms with Crippen LogP contribution in [0.15, 0.2) is 46.3 Å². The molecule has 0 aliphatic rings. The summed E-state index contributed by atoms with van der Waals surface area (Å²) in [6.07, 6.45) is 0. The Bertz CT molecular complexity index is 832. The van der Waals surface area contributed by atoms with Gasteiger partial charge in [0.1, 0.15) is 5.75 Å². The number of methoxy groups -OCH3 is 1. The predicted molar refractivity (Wildman–Crippen MR) is 104 cm³/mol. The second kappa shape index (κ2) is 8.86. The van der Waals surface area contributed by atoms with Gasteiger partial charge < -0.3 is 14.2 Å². The Labute approximate surface area is 160 Å². The summed E-state index contributed by atoms with van der Waals surface area (Å²) < 4.78 is 10.2. The number of ether oxygens (including phenoxy) is 1. The molecule has 26 heavy (non-hydrogen) atoms. The molecule has 0 aliphatic carbocycles. The summed E-state index contributed by atoms with van der Waals surface area (Å²) in [4.78, 5) is 19.9. The van der Waals surface area contributed by atoms with E-state index in [4.69, 9.17) is 9.26 Å². The highest BCUT2D eigenvalue weighted by Gasteiger charge is 2.17.